The zero-order chi connectivity index (χ0) is 9.26. The van der Waals surface area contributed by atoms with Crippen LogP contribution >= 0.6 is 0 Å². The molecule has 2 rings (SSSR count). The monoisotopic (exact) mass is 178 g/mol. The highest BCUT2D eigenvalue weighted by Gasteiger charge is 2.20. The lowest BCUT2D eigenvalue weighted by Gasteiger charge is -2.07. The van der Waals surface area contributed by atoms with Crippen molar-refractivity contribution in [1.29, 1.82) is 0 Å². The number of hydrogen-bond donors (Lipinski definition) is 2. The fraction of sp³-hybridized carbons (Fsp3) is 0.222. The van der Waals surface area contributed by atoms with Gasteiger partial charge in [-0.05, 0) is 11.6 Å². The number of rotatable bonds is 2. The highest BCUT2D eigenvalue weighted by molar-refractivity contribution is 6.00. The van der Waals surface area contributed by atoms with Gasteiger partial charge in [0.15, 0.2) is 0 Å². The Kier molecular flexibility index (Phi) is 1.90. The second-order valence-electron chi connectivity index (χ2n) is 2.83. The fourth-order valence-electron chi connectivity index (χ4n) is 1.43. The molecule has 0 aromatic heterocycles. The number of amides is 1. The molecule has 13 heavy (non-hydrogen) atoms. The summed E-state index contributed by atoms with van der Waals surface area (Å²) in [5, 5.41) is 2.73. The first-order valence-corrected chi connectivity index (χ1v) is 4.06. The Hall–Kier alpha value is -1.55. The highest BCUT2D eigenvalue weighted by atomic mass is 16.5. The molecule has 1 aromatic rings. The molecule has 0 saturated heterocycles. The SMILES string of the molecule is NCOc1cccc2c1NC(=O)C2. The number of nitrogens with two attached hydrogens (primary N) is 1. The maximum absolute atomic E-state index is 11.1. The molecule has 0 bridgehead atoms. The average Bonchev–Trinajstić information content (AvgIpc) is 2.47. The van der Waals surface area contributed by atoms with E-state index in [0.717, 1.165) is 11.3 Å². The molecule has 3 N–H and O–H groups in total. The summed E-state index contributed by atoms with van der Waals surface area (Å²) in [6.45, 7) is 0.117. The molecule has 0 saturated carbocycles. The van der Waals surface area contributed by atoms with E-state index in [1.54, 1.807) is 6.07 Å². The number of fused-ring (bicyclic) bond motifs is 1. The summed E-state index contributed by atoms with van der Waals surface area (Å²) in [6.07, 6.45) is 0.428. The zero-order valence-electron chi connectivity index (χ0n) is 7.04. The van der Waals surface area contributed by atoms with Gasteiger partial charge >= 0.3 is 0 Å². The summed E-state index contributed by atoms with van der Waals surface area (Å²) in [7, 11) is 0. The molecule has 1 aromatic carbocycles. The van der Waals surface area contributed by atoms with Crippen molar-refractivity contribution in [2.24, 2.45) is 5.73 Å². The van der Waals surface area contributed by atoms with E-state index in [-0.39, 0.29) is 12.6 Å². The van der Waals surface area contributed by atoms with Crippen LogP contribution in [0.3, 0.4) is 0 Å². The lowest BCUT2D eigenvalue weighted by atomic mass is 10.1. The van der Waals surface area contributed by atoms with Crippen LogP contribution in [0, 0.1) is 0 Å². The minimum atomic E-state index is 0.00284. The zero-order valence-corrected chi connectivity index (χ0v) is 7.04. The molecule has 0 radical (unpaired) electrons. The highest BCUT2D eigenvalue weighted by Crippen LogP contribution is 2.32. The van der Waals surface area contributed by atoms with Crippen molar-refractivity contribution in [3.63, 3.8) is 0 Å². The van der Waals surface area contributed by atoms with Crippen LogP contribution < -0.4 is 15.8 Å². The normalized spacial score (nSPS) is 13.8. The van der Waals surface area contributed by atoms with E-state index in [1.807, 2.05) is 12.1 Å². The molecule has 4 heteroatoms. The van der Waals surface area contributed by atoms with Gasteiger partial charge in [-0.15, -0.1) is 0 Å². The summed E-state index contributed by atoms with van der Waals surface area (Å²) in [6, 6.07) is 5.54. The quantitative estimate of drug-likeness (QED) is 0.647. The van der Waals surface area contributed by atoms with Crippen LogP contribution in [-0.4, -0.2) is 12.6 Å². The second-order valence-corrected chi connectivity index (χ2v) is 2.83. The fourth-order valence-corrected chi connectivity index (χ4v) is 1.43. The number of anilines is 1. The number of carbonyl (C=O) groups excluding carboxylic acids is 1. The van der Waals surface area contributed by atoms with E-state index in [4.69, 9.17) is 10.5 Å². The van der Waals surface area contributed by atoms with Gasteiger partial charge in [-0.25, -0.2) is 0 Å². The largest absolute Gasteiger partial charge is 0.476 e. The molecular weight excluding hydrogens is 168 g/mol. The van der Waals surface area contributed by atoms with Gasteiger partial charge in [0.05, 0.1) is 12.1 Å². The van der Waals surface area contributed by atoms with E-state index in [2.05, 4.69) is 5.32 Å². The summed E-state index contributed by atoms with van der Waals surface area (Å²) in [5.74, 6) is 0.647. The molecule has 0 unspecified atom stereocenters. The van der Waals surface area contributed by atoms with Crippen molar-refractivity contribution < 1.29 is 9.53 Å². The van der Waals surface area contributed by atoms with Crippen molar-refractivity contribution >= 4 is 11.6 Å². The number of hydrogen-bond acceptors (Lipinski definition) is 3. The topological polar surface area (TPSA) is 64.3 Å². The molecule has 0 spiro atoms. The maximum Gasteiger partial charge on any atom is 0.228 e. The van der Waals surface area contributed by atoms with Crippen LogP contribution in [0.2, 0.25) is 0 Å². The summed E-state index contributed by atoms with van der Waals surface area (Å²) >= 11 is 0. The number of ether oxygens (including phenoxy) is 1. The molecule has 68 valence electrons. The predicted octanol–water partition coefficient (Wildman–Crippen LogP) is 0.476. The van der Waals surface area contributed by atoms with Crippen molar-refractivity contribution in [2.45, 2.75) is 6.42 Å². The van der Waals surface area contributed by atoms with Crippen LogP contribution in [0.5, 0.6) is 5.75 Å². The van der Waals surface area contributed by atoms with E-state index in [0.29, 0.717) is 12.2 Å². The Bertz CT molecular complexity index is 349. The molecule has 0 fully saturated rings. The van der Waals surface area contributed by atoms with E-state index in [1.165, 1.54) is 0 Å². The summed E-state index contributed by atoms with van der Waals surface area (Å²) in [4.78, 5) is 11.1. The van der Waals surface area contributed by atoms with Crippen LogP contribution in [0.4, 0.5) is 5.69 Å². The first-order chi connectivity index (χ1) is 6.31. The first-order valence-electron chi connectivity index (χ1n) is 4.06. The van der Waals surface area contributed by atoms with Crippen LogP contribution in [0.25, 0.3) is 0 Å². The Morgan fingerprint density at radius 3 is 3.15 bits per heavy atom. The van der Waals surface area contributed by atoms with Gasteiger partial charge in [0.1, 0.15) is 12.5 Å². The third-order valence-electron chi connectivity index (χ3n) is 1.97. The Labute approximate surface area is 75.7 Å². The third kappa shape index (κ3) is 1.36. The minimum absolute atomic E-state index is 0.00284. The predicted molar refractivity (Wildman–Crippen MR) is 48.5 cm³/mol. The summed E-state index contributed by atoms with van der Waals surface area (Å²) < 4.78 is 5.16. The molecule has 0 atom stereocenters. The standard InChI is InChI=1S/C9H10N2O2/c10-5-13-7-3-1-2-6-4-8(12)11-9(6)7/h1-3H,4-5,10H2,(H,11,12). The number of benzene rings is 1. The number of carbonyl (C=O) groups is 1. The van der Waals surface area contributed by atoms with E-state index < -0.39 is 0 Å². The van der Waals surface area contributed by atoms with Crippen LogP contribution in [-0.2, 0) is 11.2 Å². The molecule has 1 heterocycles. The van der Waals surface area contributed by atoms with Gasteiger partial charge in [0, 0.05) is 0 Å². The average molecular weight is 178 g/mol. The van der Waals surface area contributed by atoms with Gasteiger partial charge in [-0.1, -0.05) is 12.1 Å². The van der Waals surface area contributed by atoms with Crippen molar-refractivity contribution in [3.05, 3.63) is 23.8 Å². The van der Waals surface area contributed by atoms with Gasteiger partial charge in [-0.3, -0.25) is 10.5 Å². The molecular formula is C9H10N2O2. The Morgan fingerprint density at radius 1 is 1.54 bits per heavy atom. The Morgan fingerprint density at radius 2 is 2.38 bits per heavy atom. The Balaban J connectivity index is 2.39. The minimum Gasteiger partial charge on any atom is -0.476 e. The lowest BCUT2D eigenvalue weighted by molar-refractivity contribution is -0.115. The smallest absolute Gasteiger partial charge is 0.228 e. The second kappa shape index (κ2) is 3.06. The van der Waals surface area contributed by atoms with Gasteiger partial charge in [0.2, 0.25) is 5.91 Å². The van der Waals surface area contributed by atoms with Crippen molar-refractivity contribution in [3.8, 4) is 5.75 Å². The molecule has 0 aliphatic carbocycles. The first kappa shape index (κ1) is 8.07. The molecule has 1 amide bonds. The lowest BCUT2D eigenvalue weighted by Crippen LogP contribution is -2.09. The number of nitrogens with one attached hydrogen (secondary N) is 1. The van der Waals surface area contributed by atoms with Gasteiger partial charge < -0.3 is 10.1 Å². The maximum atomic E-state index is 11.1. The van der Waals surface area contributed by atoms with Crippen molar-refractivity contribution in [2.75, 3.05) is 12.0 Å². The third-order valence-corrected chi connectivity index (χ3v) is 1.97. The summed E-state index contributed by atoms with van der Waals surface area (Å²) in [5.41, 5.74) is 6.98. The van der Waals surface area contributed by atoms with Crippen LogP contribution in [0.1, 0.15) is 5.56 Å². The molecule has 1 aliphatic heterocycles. The van der Waals surface area contributed by atoms with Gasteiger partial charge in [-0.2, -0.15) is 0 Å². The van der Waals surface area contributed by atoms with E-state index in [9.17, 15) is 4.79 Å². The van der Waals surface area contributed by atoms with Crippen LogP contribution in [0.15, 0.2) is 18.2 Å². The van der Waals surface area contributed by atoms with E-state index >= 15 is 0 Å². The van der Waals surface area contributed by atoms with Gasteiger partial charge in [0.25, 0.3) is 0 Å². The van der Waals surface area contributed by atoms with Crippen molar-refractivity contribution in [1.82, 2.24) is 0 Å². The molecule has 1 aliphatic rings. The molecule has 4 nitrogen and oxygen atoms in total. The number of para-hydroxylation sites is 1.